The quantitative estimate of drug-likeness (QED) is 0.842. The monoisotopic (exact) mass is 285 g/mol. The predicted molar refractivity (Wildman–Crippen MR) is 79.0 cm³/mol. The zero-order valence-corrected chi connectivity index (χ0v) is 11.7. The van der Waals surface area contributed by atoms with E-state index >= 15 is 0 Å². The minimum atomic E-state index is -1.01. The van der Waals surface area contributed by atoms with Gasteiger partial charge < -0.3 is 10.4 Å². The Hall–Kier alpha value is -2.89. The third-order valence-electron chi connectivity index (χ3n) is 2.91. The number of benzene rings is 1. The molecule has 2 rings (SSSR count). The average Bonchev–Trinajstić information content (AvgIpc) is 2.86. The highest BCUT2D eigenvalue weighted by Gasteiger charge is 2.08. The number of nitrogens with zero attached hydrogens (tertiary/aromatic N) is 2. The van der Waals surface area contributed by atoms with Crippen LogP contribution in [-0.4, -0.2) is 26.8 Å². The highest BCUT2D eigenvalue weighted by atomic mass is 16.4. The van der Waals surface area contributed by atoms with Crippen LogP contribution in [0, 0.1) is 6.92 Å². The number of rotatable bonds is 4. The topological polar surface area (TPSA) is 84.2 Å². The second kappa shape index (κ2) is 6.04. The highest BCUT2D eigenvalue weighted by molar-refractivity contribution is 6.04. The molecule has 1 aromatic carbocycles. The molecule has 0 atom stereocenters. The normalized spacial score (nSPS) is 10.8. The molecule has 0 saturated heterocycles. The van der Waals surface area contributed by atoms with Crippen LogP contribution >= 0.6 is 0 Å². The van der Waals surface area contributed by atoms with Gasteiger partial charge in [-0.15, -0.1) is 0 Å². The van der Waals surface area contributed by atoms with Crippen LogP contribution in [0.15, 0.2) is 36.7 Å². The lowest BCUT2D eigenvalue weighted by atomic mass is 10.1. The van der Waals surface area contributed by atoms with Crippen molar-refractivity contribution in [3.63, 3.8) is 0 Å². The van der Waals surface area contributed by atoms with Gasteiger partial charge in [0.25, 0.3) is 5.91 Å². The molecule has 2 aromatic rings. The number of aliphatic carboxylic acids is 1. The first-order chi connectivity index (χ1) is 9.95. The fourth-order valence-electron chi connectivity index (χ4n) is 1.80. The van der Waals surface area contributed by atoms with E-state index in [1.807, 2.05) is 13.0 Å². The maximum atomic E-state index is 12.0. The SMILES string of the molecule is Cc1ccc(NC(=O)c2cnn(C)c2)cc1C=CC(=O)O. The van der Waals surface area contributed by atoms with Crippen LogP contribution in [0.5, 0.6) is 0 Å². The third kappa shape index (κ3) is 3.79. The molecule has 0 fully saturated rings. The van der Waals surface area contributed by atoms with Gasteiger partial charge in [0.05, 0.1) is 11.8 Å². The lowest BCUT2D eigenvalue weighted by Crippen LogP contribution is -2.11. The summed E-state index contributed by atoms with van der Waals surface area (Å²) in [6.07, 6.45) is 5.66. The number of hydrogen-bond donors (Lipinski definition) is 2. The second-order valence-electron chi connectivity index (χ2n) is 4.60. The molecule has 0 radical (unpaired) electrons. The zero-order chi connectivity index (χ0) is 15.4. The molecule has 0 aliphatic heterocycles. The van der Waals surface area contributed by atoms with E-state index in [2.05, 4.69) is 10.4 Å². The van der Waals surface area contributed by atoms with Gasteiger partial charge in [0.15, 0.2) is 0 Å². The molecule has 2 N–H and O–H groups in total. The molecule has 6 heteroatoms. The Morgan fingerprint density at radius 3 is 2.76 bits per heavy atom. The van der Waals surface area contributed by atoms with E-state index in [0.717, 1.165) is 17.2 Å². The Balaban J connectivity index is 2.19. The average molecular weight is 285 g/mol. The van der Waals surface area contributed by atoms with Crippen LogP contribution in [0.1, 0.15) is 21.5 Å². The van der Waals surface area contributed by atoms with Crippen molar-refractivity contribution in [1.29, 1.82) is 0 Å². The Bertz CT molecular complexity index is 717. The summed E-state index contributed by atoms with van der Waals surface area (Å²) < 4.78 is 1.55. The number of anilines is 1. The minimum absolute atomic E-state index is 0.264. The molecule has 1 heterocycles. The van der Waals surface area contributed by atoms with Crippen molar-refractivity contribution < 1.29 is 14.7 Å². The highest BCUT2D eigenvalue weighted by Crippen LogP contribution is 2.17. The van der Waals surface area contributed by atoms with Gasteiger partial charge in [-0.25, -0.2) is 4.79 Å². The Morgan fingerprint density at radius 2 is 2.14 bits per heavy atom. The van der Waals surface area contributed by atoms with Crippen molar-refractivity contribution in [2.75, 3.05) is 5.32 Å². The number of carboxylic acid groups (broad SMARTS) is 1. The van der Waals surface area contributed by atoms with Crippen LogP contribution in [0.3, 0.4) is 0 Å². The summed E-state index contributed by atoms with van der Waals surface area (Å²) in [4.78, 5) is 22.6. The van der Waals surface area contributed by atoms with E-state index in [9.17, 15) is 9.59 Å². The first-order valence-electron chi connectivity index (χ1n) is 6.27. The van der Waals surface area contributed by atoms with Crippen molar-refractivity contribution in [3.8, 4) is 0 Å². The van der Waals surface area contributed by atoms with Gasteiger partial charge >= 0.3 is 5.97 Å². The lowest BCUT2D eigenvalue weighted by molar-refractivity contribution is -0.131. The fourth-order valence-corrected chi connectivity index (χ4v) is 1.80. The molecular weight excluding hydrogens is 270 g/mol. The maximum Gasteiger partial charge on any atom is 0.328 e. The number of carboxylic acids is 1. The summed E-state index contributed by atoms with van der Waals surface area (Å²) in [6.45, 7) is 1.87. The summed E-state index contributed by atoms with van der Waals surface area (Å²) >= 11 is 0. The molecule has 1 aromatic heterocycles. The Morgan fingerprint density at radius 1 is 1.38 bits per heavy atom. The van der Waals surface area contributed by atoms with Gasteiger partial charge in [-0.3, -0.25) is 9.48 Å². The van der Waals surface area contributed by atoms with E-state index in [0.29, 0.717) is 11.3 Å². The lowest BCUT2D eigenvalue weighted by Gasteiger charge is -2.07. The van der Waals surface area contributed by atoms with Crippen LogP contribution in [0.25, 0.3) is 6.08 Å². The van der Waals surface area contributed by atoms with Crippen molar-refractivity contribution in [1.82, 2.24) is 9.78 Å². The molecule has 108 valence electrons. The first-order valence-corrected chi connectivity index (χ1v) is 6.27. The molecule has 0 unspecified atom stereocenters. The number of carbonyl (C=O) groups is 2. The molecule has 0 aliphatic carbocycles. The van der Waals surface area contributed by atoms with E-state index in [1.165, 1.54) is 12.3 Å². The van der Waals surface area contributed by atoms with Crippen LogP contribution in [0.4, 0.5) is 5.69 Å². The van der Waals surface area contributed by atoms with E-state index in [4.69, 9.17) is 5.11 Å². The maximum absolute atomic E-state index is 12.0. The van der Waals surface area contributed by atoms with Crippen molar-refractivity contribution in [2.24, 2.45) is 7.05 Å². The van der Waals surface area contributed by atoms with Crippen molar-refractivity contribution >= 4 is 23.6 Å². The summed E-state index contributed by atoms with van der Waals surface area (Å²) in [5.74, 6) is -1.28. The Kier molecular flexibility index (Phi) is 4.18. The van der Waals surface area contributed by atoms with Crippen LogP contribution in [0.2, 0.25) is 0 Å². The molecule has 6 nitrogen and oxygen atoms in total. The van der Waals surface area contributed by atoms with Gasteiger partial charge in [-0.1, -0.05) is 6.07 Å². The van der Waals surface area contributed by atoms with Gasteiger partial charge in [0, 0.05) is 25.0 Å². The first kappa shape index (κ1) is 14.5. The van der Waals surface area contributed by atoms with Gasteiger partial charge in [-0.05, 0) is 36.3 Å². The van der Waals surface area contributed by atoms with Gasteiger partial charge in [-0.2, -0.15) is 5.10 Å². The largest absolute Gasteiger partial charge is 0.478 e. The predicted octanol–water partition coefficient (Wildman–Crippen LogP) is 2.08. The van der Waals surface area contributed by atoms with Gasteiger partial charge in [0.1, 0.15) is 0 Å². The van der Waals surface area contributed by atoms with Crippen molar-refractivity contribution in [2.45, 2.75) is 6.92 Å². The molecule has 1 amide bonds. The second-order valence-corrected chi connectivity index (χ2v) is 4.60. The molecule has 0 saturated carbocycles. The molecule has 0 aliphatic rings. The number of nitrogens with one attached hydrogen (secondary N) is 1. The molecule has 0 bridgehead atoms. The third-order valence-corrected chi connectivity index (χ3v) is 2.91. The minimum Gasteiger partial charge on any atom is -0.478 e. The summed E-state index contributed by atoms with van der Waals surface area (Å²) in [7, 11) is 1.73. The summed E-state index contributed by atoms with van der Waals surface area (Å²) in [5, 5.41) is 15.4. The molecular formula is C15H15N3O3. The standard InChI is InChI=1S/C15H15N3O3/c1-10-3-5-13(7-11(10)4-6-14(19)20)17-15(21)12-8-16-18(2)9-12/h3-9H,1-2H3,(H,17,21)(H,19,20). The van der Waals surface area contributed by atoms with Crippen LogP contribution in [-0.2, 0) is 11.8 Å². The number of hydrogen-bond acceptors (Lipinski definition) is 3. The van der Waals surface area contributed by atoms with Gasteiger partial charge in [0.2, 0.25) is 0 Å². The fraction of sp³-hybridized carbons (Fsp3) is 0.133. The molecule has 21 heavy (non-hydrogen) atoms. The van der Waals surface area contributed by atoms with E-state index in [-0.39, 0.29) is 5.91 Å². The summed E-state index contributed by atoms with van der Waals surface area (Å²) in [6, 6.07) is 5.31. The molecule has 0 spiro atoms. The van der Waals surface area contributed by atoms with Crippen molar-refractivity contribution in [3.05, 3.63) is 53.4 Å². The zero-order valence-electron chi connectivity index (χ0n) is 11.7. The number of aromatic nitrogens is 2. The van der Waals surface area contributed by atoms with Crippen LogP contribution < -0.4 is 5.32 Å². The smallest absolute Gasteiger partial charge is 0.328 e. The summed E-state index contributed by atoms with van der Waals surface area (Å²) in [5.41, 5.74) is 2.72. The van der Waals surface area contributed by atoms with E-state index < -0.39 is 5.97 Å². The Labute approximate surface area is 121 Å². The van der Waals surface area contributed by atoms with E-state index in [1.54, 1.807) is 30.1 Å². The number of amides is 1. The number of aryl methyl sites for hydroxylation is 2. The number of carbonyl (C=O) groups excluding carboxylic acids is 1.